The predicted octanol–water partition coefficient (Wildman–Crippen LogP) is 3.68. The molecule has 0 bridgehead atoms. The van der Waals surface area contributed by atoms with Gasteiger partial charge in [0.15, 0.2) is 0 Å². The summed E-state index contributed by atoms with van der Waals surface area (Å²) in [6.07, 6.45) is -4.44. The third-order valence-electron chi connectivity index (χ3n) is 4.66. The number of benzene rings is 2. The van der Waals surface area contributed by atoms with Crippen molar-refractivity contribution in [2.75, 3.05) is 14.2 Å². The van der Waals surface area contributed by atoms with Crippen molar-refractivity contribution in [3.05, 3.63) is 59.7 Å². The van der Waals surface area contributed by atoms with Crippen LogP contribution >= 0.6 is 0 Å². The van der Waals surface area contributed by atoms with Crippen LogP contribution in [0.3, 0.4) is 0 Å². The van der Waals surface area contributed by atoms with Gasteiger partial charge < -0.3 is 9.64 Å². The van der Waals surface area contributed by atoms with Crippen LogP contribution in [0.5, 0.6) is 5.75 Å². The number of nitrogens with one attached hydrogen (secondary N) is 1. The molecule has 1 atom stereocenters. The first-order valence-corrected chi connectivity index (χ1v) is 10.9. The lowest BCUT2D eigenvalue weighted by molar-refractivity contribution is -0.137. The van der Waals surface area contributed by atoms with Gasteiger partial charge in [0.25, 0.3) is 0 Å². The summed E-state index contributed by atoms with van der Waals surface area (Å²) in [5.41, 5.74) is -0.290. The lowest BCUT2D eigenvalue weighted by Gasteiger charge is -2.27. The summed E-state index contributed by atoms with van der Waals surface area (Å²) >= 11 is 0. The van der Waals surface area contributed by atoms with Crippen LogP contribution in [0.25, 0.3) is 0 Å². The Kier molecular flexibility index (Phi) is 7.72. The van der Waals surface area contributed by atoms with Gasteiger partial charge in [-0.2, -0.15) is 17.9 Å². The fourth-order valence-electron chi connectivity index (χ4n) is 2.85. The van der Waals surface area contributed by atoms with Crippen molar-refractivity contribution in [2.24, 2.45) is 5.92 Å². The predicted molar refractivity (Wildman–Crippen MR) is 110 cm³/mol. The molecule has 2 aromatic carbocycles. The second-order valence-electron chi connectivity index (χ2n) is 7.41. The molecule has 10 heteroatoms. The van der Waals surface area contributed by atoms with Crippen molar-refractivity contribution in [1.82, 2.24) is 9.62 Å². The molecular weight excluding hydrogens is 433 g/mol. The monoisotopic (exact) mass is 458 g/mol. The molecule has 0 fully saturated rings. The fraction of sp³-hybridized carbons (Fsp3) is 0.381. The maximum absolute atomic E-state index is 12.9. The number of carbonyl (C=O) groups is 1. The highest BCUT2D eigenvalue weighted by Crippen LogP contribution is 2.29. The van der Waals surface area contributed by atoms with E-state index in [1.807, 2.05) is 0 Å². The number of sulfonamides is 1. The summed E-state index contributed by atoms with van der Waals surface area (Å²) < 4.78 is 71.0. The smallest absolute Gasteiger partial charge is 0.416 e. The highest BCUT2D eigenvalue weighted by atomic mass is 32.2. The van der Waals surface area contributed by atoms with Crippen LogP contribution in [0.2, 0.25) is 0 Å². The van der Waals surface area contributed by atoms with Crippen LogP contribution in [0.4, 0.5) is 13.2 Å². The minimum Gasteiger partial charge on any atom is -0.497 e. The summed E-state index contributed by atoms with van der Waals surface area (Å²) in [5, 5.41) is 0. The molecule has 0 aliphatic rings. The van der Waals surface area contributed by atoms with E-state index >= 15 is 0 Å². The van der Waals surface area contributed by atoms with Crippen molar-refractivity contribution in [1.29, 1.82) is 0 Å². The first-order chi connectivity index (χ1) is 14.3. The number of amides is 1. The van der Waals surface area contributed by atoms with Crippen LogP contribution in [0.1, 0.15) is 25.0 Å². The average Bonchev–Trinajstić information content (AvgIpc) is 2.71. The zero-order valence-corrected chi connectivity index (χ0v) is 18.4. The van der Waals surface area contributed by atoms with E-state index < -0.39 is 33.7 Å². The van der Waals surface area contributed by atoms with E-state index in [-0.39, 0.29) is 17.4 Å². The van der Waals surface area contributed by atoms with Crippen molar-refractivity contribution < 1.29 is 31.1 Å². The van der Waals surface area contributed by atoms with Gasteiger partial charge in [-0.15, -0.1) is 0 Å². The number of alkyl halides is 3. The van der Waals surface area contributed by atoms with E-state index in [4.69, 9.17) is 4.74 Å². The molecule has 0 aliphatic heterocycles. The van der Waals surface area contributed by atoms with Gasteiger partial charge >= 0.3 is 6.18 Å². The van der Waals surface area contributed by atoms with Crippen LogP contribution in [0.15, 0.2) is 53.4 Å². The topological polar surface area (TPSA) is 75.7 Å². The maximum atomic E-state index is 12.9. The number of likely N-dealkylation sites (N-methyl/N-ethyl adjacent to an activating group) is 1. The second kappa shape index (κ2) is 9.69. The molecule has 0 aliphatic carbocycles. The third-order valence-corrected chi connectivity index (χ3v) is 6.12. The lowest BCUT2D eigenvalue weighted by atomic mass is 10.0. The molecule has 0 saturated heterocycles. The van der Waals surface area contributed by atoms with E-state index in [9.17, 15) is 26.4 Å². The molecule has 0 aromatic heterocycles. The van der Waals surface area contributed by atoms with Crippen molar-refractivity contribution in [3.8, 4) is 5.75 Å². The summed E-state index contributed by atoms with van der Waals surface area (Å²) in [7, 11) is -1.05. The highest BCUT2D eigenvalue weighted by molar-refractivity contribution is 7.89. The number of halogens is 3. The molecule has 1 N–H and O–H groups in total. The molecule has 1 amide bonds. The highest BCUT2D eigenvalue weighted by Gasteiger charge is 2.32. The van der Waals surface area contributed by atoms with E-state index in [0.717, 1.165) is 12.1 Å². The number of nitrogens with zero attached hydrogens (tertiary/aromatic N) is 1. The second-order valence-corrected chi connectivity index (χ2v) is 9.12. The number of methoxy groups -OCH3 is 1. The van der Waals surface area contributed by atoms with E-state index in [1.165, 1.54) is 55.5 Å². The normalized spacial score (nSPS) is 13.2. The summed E-state index contributed by atoms with van der Waals surface area (Å²) in [6.45, 7) is 3.43. The molecule has 2 rings (SSSR count). The minimum atomic E-state index is -4.44. The van der Waals surface area contributed by atoms with Crippen LogP contribution in [0, 0.1) is 5.92 Å². The fourth-order valence-corrected chi connectivity index (χ4v) is 4.19. The third kappa shape index (κ3) is 6.44. The molecule has 0 saturated carbocycles. The van der Waals surface area contributed by atoms with Gasteiger partial charge in [0.05, 0.1) is 17.6 Å². The first-order valence-electron chi connectivity index (χ1n) is 9.42. The average molecular weight is 459 g/mol. The zero-order chi connectivity index (χ0) is 23.4. The number of rotatable bonds is 8. The first kappa shape index (κ1) is 24.7. The Labute approximate surface area is 180 Å². The Morgan fingerprint density at radius 1 is 1.06 bits per heavy atom. The number of carbonyl (C=O) groups excluding carboxylic acids is 1. The Hall–Kier alpha value is -2.59. The van der Waals surface area contributed by atoms with E-state index in [2.05, 4.69) is 4.72 Å². The van der Waals surface area contributed by atoms with Crippen molar-refractivity contribution >= 4 is 15.9 Å². The van der Waals surface area contributed by atoms with Crippen LogP contribution in [-0.4, -0.2) is 39.4 Å². The van der Waals surface area contributed by atoms with E-state index in [1.54, 1.807) is 13.8 Å². The van der Waals surface area contributed by atoms with Gasteiger partial charge in [0.1, 0.15) is 11.8 Å². The summed E-state index contributed by atoms with van der Waals surface area (Å²) in [6, 6.07) is 9.15. The van der Waals surface area contributed by atoms with Gasteiger partial charge in [-0.1, -0.05) is 26.0 Å². The number of ether oxygens (including phenoxy) is 1. The molecule has 170 valence electrons. The number of hydrogen-bond donors (Lipinski definition) is 1. The minimum absolute atomic E-state index is 0.0165. The van der Waals surface area contributed by atoms with Crippen LogP contribution < -0.4 is 9.46 Å². The molecular formula is C21H25F3N2O4S. The molecule has 31 heavy (non-hydrogen) atoms. The Morgan fingerprint density at radius 2 is 1.61 bits per heavy atom. The Morgan fingerprint density at radius 3 is 2.06 bits per heavy atom. The number of hydrogen-bond acceptors (Lipinski definition) is 4. The molecule has 1 unspecified atom stereocenters. The quantitative estimate of drug-likeness (QED) is 0.655. The van der Waals surface area contributed by atoms with Crippen molar-refractivity contribution in [2.45, 2.75) is 37.5 Å². The maximum Gasteiger partial charge on any atom is 0.416 e. The van der Waals surface area contributed by atoms with Gasteiger partial charge in [-0.3, -0.25) is 4.79 Å². The van der Waals surface area contributed by atoms with Gasteiger partial charge in [0, 0.05) is 13.6 Å². The molecule has 0 spiro atoms. The SMILES string of the molecule is COc1ccc(S(=O)(=O)NC(C(=O)N(C)Cc2ccc(C(F)(F)F)cc2)C(C)C)cc1. The molecule has 2 aromatic rings. The van der Waals surface area contributed by atoms with Crippen LogP contribution in [-0.2, 0) is 27.5 Å². The molecule has 6 nitrogen and oxygen atoms in total. The summed E-state index contributed by atoms with van der Waals surface area (Å²) in [4.78, 5) is 14.2. The lowest BCUT2D eigenvalue weighted by Crippen LogP contribution is -2.49. The van der Waals surface area contributed by atoms with E-state index in [0.29, 0.717) is 11.3 Å². The van der Waals surface area contributed by atoms with Crippen molar-refractivity contribution in [3.63, 3.8) is 0 Å². The molecule has 0 radical (unpaired) electrons. The van der Waals surface area contributed by atoms with Gasteiger partial charge in [-0.05, 0) is 47.9 Å². The Bertz CT molecular complexity index is 989. The Balaban J connectivity index is 2.15. The largest absolute Gasteiger partial charge is 0.497 e. The molecule has 0 heterocycles. The zero-order valence-electron chi connectivity index (χ0n) is 17.6. The van der Waals surface area contributed by atoms with Gasteiger partial charge in [-0.25, -0.2) is 8.42 Å². The standard InChI is InChI=1S/C21H25F3N2O4S/c1-14(2)19(25-31(28,29)18-11-9-17(30-4)10-12-18)20(27)26(3)13-15-5-7-16(8-6-15)21(22,23)24/h5-12,14,19,25H,13H2,1-4H3. The van der Waals surface area contributed by atoms with Gasteiger partial charge in [0.2, 0.25) is 15.9 Å². The summed E-state index contributed by atoms with van der Waals surface area (Å²) in [5.74, 6) is -0.366.